The summed E-state index contributed by atoms with van der Waals surface area (Å²) in [6, 6.07) is 15.9. The molecule has 7 nitrogen and oxygen atoms in total. The Kier molecular flexibility index (Phi) is 7.73. The second-order valence-corrected chi connectivity index (χ2v) is 7.71. The van der Waals surface area contributed by atoms with Crippen LogP contribution in [0.2, 0.25) is 0 Å². The number of nitriles is 1. The van der Waals surface area contributed by atoms with E-state index in [2.05, 4.69) is 5.10 Å². The van der Waals surface area contributed by atoms with Gasteiger partial charge in [0.1, 0.15) is 5.69 Å². The molecule has 158 valence electrons. The molecule has 3 aromatic rings. The van der Waals surface area contributed by atoms with Crippen molar-refractivity contribution in [2.24, 2.45) is 0 Å². The minimum atomic E-state index is -0.616. The molecule has 1 amide bonds. The van der Waals surface area contributed by atoms with E-state index in [0.717, 1.165) is 21.7 Å². The maximum Gasteiger partial charge on any atom is 0.331 e. The van der Waals surface area contributed by atoms with Crippen molar-refractivity contribution in [1.29, 1.82) is 5.26 Å². The number of carbonyl (C=O) groups excluding carboxylic acids is 2. The maximum atomic E-state index is 12.1. The number of carbonyl (C=O) groups is 2. The average Bonchev–Trinajstić information content (AvgIpc) is 3.44. The summed E-state index contributed by atoms with van der Waals surface area (Å²) in [5.74, 6) is -0.970. The van der Waals surface area contributed by atoms with Gasteiger partial charge in [-0.25, -0.2) is 4.79 Å². The van der Waals surface area contributed by atoms with Gasteiger partial charge in [0.25, 0.3) is 5.91 Å². The van der Waals surface area contributed by atoms with Gasteiger partial charge in [0.05, 0.1) is 23.9 Å². The monoisotopic (exact) mass is 434 g/mol. The van der Waals surface area contributed by atoms with Gasteiger partial charge in [0, 0.05) is 31.4 Å². The summed E-state index contributed by atoms with van der Waals surface area (Å²) in [5.41, 5.74) is 2.69. The second-order valence-electron chi connectivity index (χ2n) is 6.76. The molecule has 0 saturated heterocycles. The van der Waals surface area contributed by atoms with E-state index in [-0.39, 0.29) is 18.9 Å². The van der Waals surface area contributed by atoms with E-state index in [4.69, 9.17) is 10.00 Å². The molecule has 0 fully saturated rings. The van der Waals surface area contributed by atoms with E-state index in [1.165, 1.54) is 11.0 Å². The number of hydrogen-bond donors (Lipinski definition) is 0. The lowest BCUT2D eigenvalue weighted by Crippen LogP contribution is -2.31. The molecule has 0 bridgehead atoms. The molecule has 0 spiro atoms. The molecule has 0 N–H and O–H groups in total. The van der Waals surface area contributed by atoms with E-state index in [1.807, 2.05) is 64.8 Å². The smallest absolute Gasteiger partial charge is 0.331 e. The van der Waals surface area contributed by atoms with Crippen LogP contribution in [0.5, 0.6) is 0 Å². The summed E-state index contributed by atoms with van der Waals surface area (Å²) >= 11 is 1.57. The van der Waals surface area contributed by atoms with Gasteiger partial charge in [-0.1, -0.05) is 36.4 Å². The van der Waals surface area contributed by atoms with Crippen LogP contribution in [0.25, 0.3) is 16.6 Å². The molecule has 8 heteroatoms. The van der Waals surface area contributed by atoms with Crippen LogP contribution in [0.3, 0.4) is 0 Å². The Morgan fingerprint density at radius 2 is 2.06 bits per heavy atom. The first-order valence-corrected chi connectivity index (χ1v) is 10.6. The van der Waals surface area contributed by atoms with E-state index in [9.17, 15) is 9.59 Å². The molecule has 2 aromatic heterocycles. The van der Waals surface area contributed by atoms with Crippen LogP contribution in [0.4, 0.5) is 0 Å². The molecule has 2 heterocycles. The van der Waals surface area contributed by atoms with Crippen molar-refractivity contribution >= 4 is 29.3 Å². The van der Waals surface area contributed by atoms with Crippen LogP contribution in [0, 0.1) is 11.3 Å². The molecule has 0 atom stereocenters. The summed E-state index contributed by atoms with van der Waals surface area (Å²) in [5, 5.41) is 15.2. The molecule has 0 unspecified atom stereocenters. The number of amides is 1. The lowest BCUT2D eigenvalue weighted by Gasteiger charge is -2.14. The molecular weight excluding hydrogens is 412 g/mol. The summed E-state index contributed by atoms with van der Waals surface area (Å²) < 4.78 is 6.87. The van der Waals surface area contributed by atoms with Gasteiger partial charge in [0.2, 0.25) is 0 Å². The van der Waals surface area contributed by atoms with E-state index in [0.29, 0.717) is 13.1 Å². The molecule has 0 radical (unpaired) electrons. The summed E-state index contributed by atoms with van der Waals surface area (Å²) in [4.78, 5) is 26.4. The Labute approximate surface area is 184 Å². The third-order valence-corrected chi connectivity index (χ3v) is 5.33. The molecule has 0 aliphatic rings. The van der Waals surface area contributed by atoms with Crippen molar-refractivity contribution in [2.75, 3.05) is 20.2 Å². The minimum absolute atomic E-state index is 0.231. The fourth-order valence-corrected chi connectivity index (χ4v) is 3.54. The van der Waals surface area contributed by atoms with Gasteiger partial charge in [-0.3, -0.25) is 9.48 Å². The second kappa shape index (κ2) is 10.9. The van der Waals surface area contributed by atoms with Crippen molar-refractivity contribution in [3.63, 3.8) is 0 Å². The number of benzene rings is 1. The highest BCUT2D eigenvalue weighted by Crippen LogP contribution is 2.27. The van der Waals surface area contributed by atoms with E-state index in [1.54, 1.807) is 24.5 Å². The molecule has 0 saturated carbocycles. The van der Waals surface area contributed by atoms with E-state index >= 15 is 0 Å². The molecule has 0 aliphatic heterocycles. The zero-order valence-corrected chi connectivity index (χ0v) is 17.9. The average molecular weight is 435 g/mol. The Bertz CT molecular complexity index is 1080. The fourth-order valence-electron chi connectivity index (χ4n) is 2.81. The Morgan fingerprint density at radius 3 is 2.77 bits per heavy atom. The first kappa shape index (κ1) is 22.0. The number of nitrogens with zero attached hydrogens (tertiary/aromatic N) is 4. The normalized spacial score (nSPS) is 10.7. The maximum absolute atomic E-state index is 12.1. The first-order valence-electron chi connectivity index (χ1n) is 9.68. The van der Waals surface area contributed by atoms with Crippen molar-refractivity contribution in [3.05, 3.63) is 71.2 Å². The predicted molar refractivity (Wildman–Crippen MR) is 119 cm³/mol. The van der Waals surface area contributed by atoms with Crippen LogP contribution in [0.15, 0.2) is 60.1 Å². The molecule has 3 rings (SSSR count). The fraction of sp³-hybridized carbons (Fsp3) is 0.217. The SMILES string of the molecule is CN(CCC#N)C(=O)COC(=O)/C=C/c1cn(Cc2ccccc2)nc1-c1cccs1. The van der Waals surface area contributed by atoms with Crippen molar-refractivity contribution in [2.45, 2.75) is 13.0 Å². The standard InChI is InChI=1S/C23H22N4O3S/c1-26(13-6-12-24)21(28)17-30-22(29)11-10-19-16-27(15-18-7-3-2-4-8-18)25-23(19)20-9-5-14-31-20/h2-5,7-11,14,16H,6,13,15,17H2,1H3/b11-10+. The van der Waals surface area contributed by atoms with Crippen molar-refractivity contribution in [1.82, 2.24) is 14.7 Å². The number of aromatic nitrogens is 2. The van der Waals surface area contributed by atoms with Gasteiger partial charge >= 0.3 is 5.97 Å². The van der Waals surface area contributed by atoms with E-state index < -0.39 is 5.97 Å². The lowest BCUT2D eigenvalue weighted by atomic mass is 10.2. The van der Waals surface area contributed by atoms with Crippen LogP contribution in [-0.2, 0) is 20.9 Å². The number of esters is 1. The van der Waals surface area contributed by atoms with Crippen LogP contribution in [-0.4, -0.2) is 46.8 Å². The van der Waals surface area contributed by atoms with Crippen LogP contribution >= 0.6 is 11.3 Å². The molecular formula is C23H22N4O3S. The summed E-state index contributed by atoms with van der Waals surface area (Å²) in [6.07, 6.45) is 5.06. The number of hydrogen-bond acceptors (Lipinski definition) is 6. The Morgan fingerprint density at radius 1 is 1.26 bits per heavy atom. The highest BCUT2D eigenvalue weighted by atomic mass is 32.1. The number of rotatable bonds is 9. The number of likely N-dealkylation sites (N-methyl/N-ethyl adjacent to an activating group) is 1. The molecule has 0 aliphatic carbocycles. The zero-order chi connectivity index (χ0) is 22.1. The predicted octanol–water partition coefficient (Wildman–Crippen LogP) is 3.59. The van der Waals surface area contributed by atoms with Gasteiger partial charge < -0.3 is 9.64 Å². The van der Waals surface area contributed by atoms with Gasteiger partial charge in [0.15, 0.2) is 6.61 Å². The third kappa shape index (κ3) is 6.39. The largest absolute Gasteiger partial charge is 0.452 e. The van der Waals surface area contributed by atoms with Crippen LogP contribution in [0.1, 0.15) is 17.5 Å². The first-order chi connectivity index (χ1) is 15.1. The molecule has 31 heavy (non-hydrogen) atoms. The summed E-state index contributed by atoms with van der Waals surface area (Å²) in [6.45, 7) is 0.546. The minimum Gasteiger partial charge on any atom is -0.452 e. The van der Waals surface area contributed by atoms with Crippen molar-refractivity contribution < 1.29 is 14.3 Å². The molecule has 1 aromatic carbocycles. The topological polar surface area (TPSA) is 88.2 Å². The Hall–Kier alpha value is -3.70. The quantitative estimate of drug-likeness (QED) is 0.379. The Balaban J connectivity index is 1.68. The van der Waals surface area contributed by atoms with Crippen LogP contribution < -0.4 is 0 Å². The van der Waals surface area contributed by atoms with Gasteiger partial charge in [-0.05, 0) is 23.1 Å². The summed E-state index contributed by atoms with van der Waals surface area (Å²) in [7, 11) is 1.57. The third-order valence-electron chi connectivity index (χ3n) is 4.45. The highest BCUT2D eigenvalue weighted by Gasteiger charge is 2.13. The van der Waals surface area contributed by atoms with Gasteiger partial charge in [-0.2, -0.15) is 10.4 Å². The lowest BCUT2D eigenvalue weighted by molar-refractivity contribution is -0.147. The zero-order valence-electron chi connectivity index (χ0n) is 17.1. The highest BCUT2D eigenvalue weighted by molar-refractivity contribution is 7.13. The number of thiophene rings is 1. The van der Waals surface area contributed by atoms with Crippen molar-refractivity contribution in [3.8, 4) is 16.6 Å². The number of ether oxygens (including phenoxy) is 1. The van der Waals surface area contributed by atoms with Gasteiger partial charge in [-0.15, -0.1) is 11.3 Å².